The SMILES string of the molecule is CC(N[C@@H](CO)c1ccccc1)c1ccccn1. The smallest absolute Gasteiger partial charge is 0.0626 e. The standard InChI is InChI=1S/C15H18N2O/c1-12(14-9-5-6-10-16-14)17-15(11-18)13-7-3-2-4-8-13/h2-10,12,15,17-18H,11H2,1H3/t12?,15-/m0/s1. The summed E-state index contributed by atoms with van der Waals surface area (Å²) in [7, 11) is 0. The van der Waals surface area contributed by atoms with Gasteiger partial charge in [0.2, 0.25) is 0 Å². The molecule has 0 aliphatic carbocycles. The lowest BCUT2D eigenvalue weighted by molar-refractivity contribution is 0.235. The average molecular weight is 242 g/mol. The third kappa shape index (κ3) is 3.15. The highest BCUT2D eigenvalue weighted by Gasteiger charge is 2.14. The second-order valence-corrected chi connectivity index (χ2v) is 4.29. The predicted molar refractivity (Wildman–Crippen MR) is 72.1 cm³/mol. The first-order valence-electron chi connectivity index (χ1n) is 6.14. The Bertz CT molecular complexity index is 458. The molecule has 0 aliphatic heterocycles. The van der Waals surface area contributed by atoms with E-state index in [2.05, 4.69) is 10.3 Å². The van der Waals surface area contributed by atoms with Crippen LogP contribution in [-0.4, -0.2) is 16.7 Å². The van der Waals surface area contributed by atoms with E-state index in [4.69, 9.17) is 0 Å². The maximum Gasteiger partial charge on any atom is 0.0626 e. The van der Waals surface area contributed by atoms with Crippen molar-refractivity contribution in [3.05, 3.63) is 66.0 Å². The van der Waals surface area contributed by atoms with Crippen molar-refractivity contribution in [3.63, 3.8) is 0 Å². The van der Waals surface area contributed by atoms with Crippen LogP contribution in [0.3, 0.4) is 0 Å². The van der Waals surface area contributed by atoms with Crippen molar-refractivity contribution in [2.45, 2.75) is 19.0 Å². The fraction of sp³-hybridized carbons (Fsp3) is 0.267. The highest BCUT2D eigenvalue weighted by molar-refractivity contribution is 5.20. The Balaban J connectivity index is 2.07. The Kier molecular flexibility index (Phi) is 4.45. The molecule has 0 amide bonds. The van der Waals surface area contributed by atoms with Crippen LogP contribution in [0.4, 0.5) is 0 Å². The number of rotatable bonds is 5. The lowest BCUT2D eigenvalue weighted by Gasteiger charge is -2.21. The van der Waals surface area contributed by atoms with Crippen molar-refractivity contribution < 1.29 is 5.11 Å². The minimum absolute atomic E-state index is 0.0665. The highest BCUT2D eigenvalue weighted by Crippen LogP contribution is 2.17. The van der Waals surface area contributed by atoms with Gasteiger partial charge in [-0.1, -0.05) is 36.4 Å². The van der Waals surface area contributed by atoms with E-state index in [9.17, 15) is 5.11 Å². The molecule has 3 heteroatoms. The molecule has 2 atom stereocenters. The fourth-order valence-electron chi connectivity index (χ4n) is 1.96. The van der Waals surface area contributed by atoms with Gasteiger partial charge in [-0.25, -0.2) is 0 Å². The Morgan fingerprint density at radius 2 is 1.83 bits per heavy atom. The van der Waals surface area contributed by atoms with Crippen LogP contribution >= 0.6 is 0 Å². The minimum Gasteiger partial charge on any atom is -0.394 e. The van der Waals surface area contributed by atoms with Gasteiger partial charge in [-0.15, -0.1) is 0 Å². The summed E-state index contributed by atoms with van der Waals surface area (Å²) in [5.41, 5.74) is 2.06. The molecule has 0 saturated heterocycles. The van der Waals surface area contributed by atoms with Crippen molar-refractivity contribution >= 4 is 0 Å². The number of nitrogens with one attached hydrogen (secondary N) is 1. The fourth-order valence-corrected chi connectivity index (χ4v) is 1.96. The van der Waals surface area contributed by atoms with E-state index in [1.807, 2.05) is 55.5 Å². The van der Waals surface area contributed by atoms with E-state index >= 15 is 0 Å². The van der Waals surface area contributed by atoms with Crippen LogP contribution in [-0.2, 0) is 0 Å². The number of pyridine rings is 1. The van der Waals surface area contributed by atoms with E-state index in [0.29, 0.717) is 0 Å². The molecule has 0 aliphatic rings. The second-order valence-electron chi connectivity index (χ2n) is 4.29. The maximum absolute atomic E-state index is 9.49. The zero-order valence-corrected chi connectivity index (χ0v) is 10.5. The summed E-state index contributed by atoms with van der Waals surface area (Å²) >= 11 is 0. The predicted octanol–water partition coefficient (Wildman–Crippen LogP) is 2.47. The van der Waals surface area contributed by atoms with Gasteiger partial charge < -0.3 is 5.11 Å². The molecule has 1 aromatic heterocycles. The number of benzene rings is 1. The summed E-state index contributed by atoms with van der Waals surface area (Å²) in [6, 6.07) is 15.8. The van der Waals surface area contributed by atoms with Gasteiger partial charge in [0.05, 0.1) is 18.3 Å². The Morgan fingerprint density at radius 1 is 1.11 bits per heavy atom. The van der Waals surface area contributed by atoms with Gasteiger partial charge in [0.1, 0.15) is 0 Å². The Labute approximate surface area is 108 Å². The monoisotopic (exact) mass is 242 g/mol. The number of nitrogens with zero attached hydrogens (tertiary/aromatic N) is 1. The minimum atomic E-state index is -0.0665. The van der Waals surface area contributed by atoms with Crippen molar-refractivity contribution in [1.29, 1.82) is 0 Å². The molecule has 0 saturated carbocycles. The third-order valence-corrected chi connectivity index (χ3v) is 2.97. The number of aromatic nitrogens is 1. The van der Waals surface area contributed by atoms with Crippen LogP contribution in [0, 0.1) is 0 Å². The molecule has 0 bridgehead atoms. The lowest BCUT2D eigenvalue weighted by Crippen LogP contribution is -2.27. The molecular formula is C15H18N2O. The number of hydrogen-bond acceptors (Lipinski definition) is 3. The first kappa shape index (κ1) is 12.7. The van der Waals surface area contributed by atoms with Gasteiger partial charge in [-0.2, -0.15) is 0 Å². The third-order valence-electron chi connectivity index (χ3n) is 2.97. The number of hydrogen-bond donors (Lipinski definition) is 2. The molecule has 3 nitrogen and oxygen atoms in total. The van der Waals surface area contributed by atoms with Crippen molar-refractivity contribution in [2.75, 3.05) is 6.61 Å². The van der Waals surface area contributed by atoms with E-state index in [1.54, 1.807) is 6.20 Å². The first-order chi connectivity index (χ1) is 8.81. The first-order valence-corrected chi connectivity index (χ1v) is 6.14. The van der Waals surface area contributed by atoms with Gasteiger partial charge in [0, 0.05) is 12.2 Å². The summed E-state index contributed by atoms with van der Waals surface area (Å²) in [4.78, 5) is 4.32. The number of aliphatic hydroxyl groups excluding tert-OH is 1. The van der Waals surface area contributed by atoms with Gasteiger partial charge >= 0.3 is 0 Å². The van der Waals surface area contributed by atoms with Crippen LogP contribution < -0.4 is 5.32 Å². The zero-order chi connectivity index (χ0) is 12.8. The summed E-state index contributed by atoms with van der Waals surface area (Å²) in [6.45, 7) is 2.12. The maximum atomic E-state index is 9.49. The summed E-state index contributed by atoms with van der Waals surface area (Å²) in [5.74, 6) is 0. The van der Waals surface area contributed by atoms with Crippen LogP contribution in [0.2, 0.25) is 0 Å². The summed E-state index contributed by atoms with van der Waals surface area (Å²) in [5, 5.41) is 12.9. The van der Waals surface area contributed by atoms with Crippen LogP contribution in [0.15, 0.2) is 54.7 Å². The Hall–Kier alpha value is -1.71. The van der Waals surface area contributed by atoms with Crippen molar-refractivity contribution in [2.24, 2.45) is 0 Å². The average Bonchev–Trinajstić information content (AvgIpc) is 2.46. The molecule has 1 aromatic carbocycles. The molecule has 1 unspecified atom stereocenters. The molecule has 0 spiro atoms. The quantitative estimate of drug-likeness (QED) is 0.846. The van der Waals surface area contributed by atoms with Crippen LogP contribution in [0.5, 0.6) is 0 Å². The topological polar surface area (TPSA) is 45.1 Å². The van der Waals surface area contributed by atoms with E-state index in [1.165, 1.54) is 0 Å². The van der Waals surface area contributed by atoms with E-state index in [-0.39, 0.29) is 18.7 Å². The van der Waals surface area contributed by atoms with Crippen LogP contribution in [0.1, 0.15) is 30.3 Å². The highest BCUT2D eigenvalue weighted by atomic mass is 16.3. The summed E-state index contributed by atoms with van der Waals surface area (Å²) in [6.07, 6.45) is 1.78. The second kappa shape index (κ2) is 6.28. The van der Waals surface area contributed by atoms with Crippen LogP contribution in [0.25, 0.3) is 0 Å². The van der Waals surface area contributed by atoms with Gasteiger partial charge in [-0.3, -0.25) is 10.3 Å². The molecule has 94 valence electrons. The van der Waals surface area contributed by atoms with Gasteiger partial charge in [-0.05, 0) is 24.6 Å². The normalized spacial score (nSPS) is 14.1. The van der Waals surface area contributed by atoms with E-state index < -0.39 is 0 Å². The molecule has 2 rings (SSSR count). The molecule has 0 fully saturated rings. The molecule has 0 radical (unpaired) electrons. The van der Waals surface area contributed by atoms with Crippen molar-refractivity contribution in [3.8, 4) is 0 Å². The Morgan fingerprint density at radius 3 is 2.44 bits per heavy atom. The van der Waals surface area contributed by atoms with Crippen molar-refractivity contribution in [1.82, 2.24) is 10.3 Å². The molecule has 1 heterocycles. The molecule has 18 heavy (non-hydrogen) atoms. The largest absolute Gasteiger partial charge is 0.394 e. The molecule has 2 N–H and O–H groups in total. The van der Waals surface area contributed by atoms with Gasteiger partial charge in [0.25, 0.3) is 0 Å². The molecular weight excluding hydrogens is 224 g/mol. The lowest BCUT2D eigenvalue weighted by atomic mass is 10.1. The zero-order valence-electron chi connectivity index (χ0n) is 10.5. The number of aliphatic hydroxyl groups is 1. The van der Waals surface area contributed by atoms with E-state index in [0.717, 1.165) is 11.3 Å². The molecule has 2 aromatic rings. The summed E-state index contributed by atoms with van der Waals surface area (Å²) < 4.78 is 0. The van der Waals surface area contributed by atoms with Gasteiger partial charge in [0.15, 0.2) is 0 Å².